The third kappa shape index (κ3) is 2.59. The lowest BCUT2D eigenvalue weighted by Gasteiger charge is -2.17. The number of nitrogen functional groups attached to an aromatic ring is 1. The second kappa shape index (κ2) is 5.32. The minimum atomic E-state index is 0.0250. The van der Waals surface area contributed by atoms with Gasteiger partial charge in [-0.3, -0.25) is 4.57 Å². The van der Waals surface area contributed by atoms with Crippen molar-refractivity contribution in [2.75, 3.05) is 12.3 Å². The van der Waals surface area contributed by atoms with Gasteiger partial charge < -0.3 is 15.2 Å². The van der Waals surface area contributed by atoms with Gasteiger partial charge in [0.05, 0.1) is 24.4 Å². The Balaban J connectivity index is 2.26. The van der Waals surface area contributed by atoms with E-state index in [2.05, 4.69) is 6.07 Å². The van der Waals surface area contributed by atoms with Crippen molar-refractivity contribution < 1.29 is 9.47 Å². The summed E-state index contributed by atoms with van der Waals surface area (Å²) >= 11 is 0. The molecule has 0 radical (unpaired) electrons. The predicted molar refractivity (Wildman–Crippen MR) is 68.3 cm³/mol. The molecular formula is C13H19N3O2. The van der Waals surface area contributed by atoms with Gasteiger partial charge in [0.15, 0.2) is 0 Å². The van der Waals surface area contributed by atoms with Crippen LogP contribution in [0.3, 0.4) is 0 Å². The predicted octanol–water partition coefficient (Wildman–Crippen LogP) is 1.91. The highest BCUT2D eigenvalue weighted by molar-refractivity contribution is 5.55. The minimum absolute atomic E-state index is 0.0250. The van der Waals surface area contributed by atoms with Crippen molar-refractivity contribution in [2.24, 2.45) is 0 Å². The summed E-state index contributed by atoms with van der Waals surface area (Å²) in [6.07, 6.45) is 2.27. The summed E-state index contributed by atoms with van der Waals surface area (Å²) in [5, 5.41) is 9.14. The van der Waals surface area contributed by atoms with Gasteiger partial charge in [0.25, 0.3) is 0 Å². The molecule has 1 saturated heterocycles. The van der Waals surface area contributed by atoms with Crippen LogP contribution in [0.25, 0.3) is 0 Å². The van der Waals surface area contributed by atoms with E-state index >= 15 is 0 Å². The lowest BCUT2D eigenvalue weighted by molar-refractivity contribution is 0.0926. The van der Waals surface area contributed by atoms with E-state index < -0.39 is 0 Å². The van der Waals surface area contributed by atoms with Crippen LogP contribution in [0, 0.1) is 11.3 Å². The number of ether oxygens (including phenoxy) is 2. The number of hydrogen-bond acceptors (Lipinski definition) is 4. The number of nitrogens with two attached hydrogens (primary N) is 1. The number of nitrogens with zero attached hydrogens (tertiary/aromatic N) is 2. The van der Waals surface area contributed by atoms with Crippen LogP contribution in [0.1, 0.15) is 32.4 Å². The molecule has 0 bridgehead atoms. The maximum Gasteiger partial charge on any atom is 0.218 e. The normalized spacial score (nSPS) is 19.1. The number of rotatable bonds is 4. The van der Waals surface area contributed by atoms with Crippen LogP contribution < -0.4 is 10.5 Å². The van der Waals surface area contributed by atoms with Gasteiger partial charge in [-0.2, -0.15) is 5.26 Å². The van der Waals surface area contributed by atoms with Crippen LogP contribution in [0.15, 0.2) is 6.07 Å². The molecule has 0 spiro atoms. The molecule has 1 aliphatic rings. The third-order valence-corrected chi connectivity index (χ3v) is 2.95. The first-order chi connectivity index (χ1) is 8.61. The molecule has 2 heterocycles. The van der Waals surface area contributed by atoms with E-state index in [-0.39, 0.29) is 12.2 Å². The number of anilines is 1. The fraction of sp³-hybridized carbons (Fsp3) is 0.615. The van der Waals surface area contributed by atoms with Gasteiger partial charge in [0, 0.05) is 12.7 Å². The first-order valence-electron chi connectivity index (χ1n) is 6.29. The largest absolute Gasteiger partial charge is 0.475 e. The van der Waals surface area contributed by atoms with Crippen LogP contribution in [0.2, 0.25) is 0 Å². The lowest BCUT2D eigenvalue weighted by Crippen LogP contribution is -2.19. The second-order valence-corrected chi connectivity index (χ2v) is 4.81. The number of aromatic nitrogens is 1. The highest BCUT2D eigenvalue weighted by Gasteiger charge is 2.22. The molecule has 5 heteroatoms. The molecule has 1 aromatic heterocycles. The summed E-state index contributed by atoms with van der Waals surface area (Å²) in [5.41, 5.74) is 6.94. The minimum Gasteiger partial charge on any atom is -0.475 e. The van der Waals surface area contributed by atoms with E-state index in [9.17, 15) is 0 Å². The fourth-order valence-electron chi connectivity index (χ4n) is 2.17. The SMILES string of the molecule is CC(C)Oc1c(N)cc(C#N)n1CC1CCCO1. The van der Waals surface area contributed by atoms with Gasteiger partial charge in [-0.25, -0.2) is 0 Å². The summed E-state index contributed by atoms with van der Waals surface area (Å²) in [7, 11) is 0. The molecule has 98 valence electrons. The first-order valence-corrected chi connectivity index (χ1v) is 6.29. The Morgan fingerprint density at radius 3 is 3.00 bits per heavy atom. The van der Waals surface area contributed by atoms with Crippen molar-refractivity contribution in [3.05, 3.63) is 11.8 Å². The van der Waals surface area contributed by atoms with Crippen molar-refractivity contribution in [1.29, 1.82) is 5.26 Å². The molecule has 1 atom stereocenters. The Hall–Kier alpha value is -1.67. The average molecular weight is 249 g/mol. The van der Waals surface area contributed by atoms with Crippen molar-refractivity contribution >= 4 is 5.69 Å². The van der Waals surface area contributed by atoms with E-state index in [0.29, 0.717) is 23.8 Å². The molecule has 0 amide bonds. The van der Waals surface area contributed by atoms with E-state index in [0.717, 1.165) is 19.4 Å². The zero-order chi connectivity index (χ0) is 13.1. The van der Waals surface area contributed by atoms with Gasteiger partial charge in [-0.05, 0) is 26.7 Å². The molecule has 2 N–H and O–H groups in total. The summed E-state index contributed by atoms with van der Waals surface area (Å²) in [5.74, 6) is 0.581. The first kappa shape index (κ1) is 12.8. The fourth-order valence-corrected chi connectivity index (χ4v) is 2.17. The monoisotopic (exact) mass is 249 g/mol. The Bertz CT molecular complexity index is 454. The van der Waals surface area contributed by atoms with Crippen molar-refractivity contribution in [3.8, 4) is 11.9 Å². The molecule has 0 saturated carbocycles. The standard InChI is InChI=1S/C13H19N3O2/c1-9(2)18-13-12(15)6-10(7-14)16(13)8-11-4-3-5-17-11/h6,9,11H,3-5,8,15H2,1-2H3. The summed E-state index contributed by atoms with van der Waals surface area (Å²) in [6, 6.07) is 3.81. The maximum atomic E-state index is 9.14. The van der Waals surface area contributed by atoms with Gasteiger partial charge in [0.2, 0.25) is 5.88 Å². The molecule has 1 aliphatic heterocycles. The Morgan fingerprint density at radius 2 is 2.44 bits per heavy atom. The zero-order valence-corrected chi connectivity index (χ0v) is 10.8. The highest BCUT2D eigenvalue weighted by atomic mass is 16.5. The quantitative estimate of drug-likeness (QED) is 0.884. The summed E-state index contributed by atoms with van der Waals surface area (Å²) in [6.45, 7) is 5.30. The molecular weight excluding hydrogens is 230 g/mol. The highest BCUT2D eigenvalue weighted by Crippen LogP contribution is 2.29. The van der Waals surface area contributed by atoms with Crippen LogP contribution in [-0.2, 0) is 11.3 Å². The molecule has 5 nitrogen and oxygen atoms in total. The van der Waals surface area contributed by atoms with Crippen molar-refractivity contribution in [3.63, 3.8) is 0 Å². The van der Waals surface area contributed by atoms with Gasteiger partial charge in [-0.1, -0.05) is 0 Å². The topological polar surface area (TPSA) is 73.2 Å². The lowest BCUT2D eigenvalue weighted by atomic mass is 10.2. The molecule has 1 fully saturated rings. The van der Waals surface area contributed by atoms with Gasteiger partial charge in [0.1, 0.15) is 11.8 Å². The van der Waals surface area contributed by atoms with E-state index in [1.165, 1.54) is 0 Å². The molecule has 0 aromatic carbocycles. The smallest absolute Gasteiger partial charge is 0.218 e. The van der Waals surface area contributed by atoms with Gasteiger partial charge in [-0.15, -0.1) is 0 Å². The van der Waals surface area contributed by atoms with E-state index in [1.54, 1.807) is 6.07 Å². The Labute approximate surface area is 107 Å². The van der Waals surface area contributed by atoms with Crippen LogP contribution in [0.5, 0.6) is 5.88 Å². The molecule has 1 aromatic rings. The third-order valence-electron chi connectivity index (χ3n) is 2.95. The van der Waals surface area contributed by atoms with Crippen LogP contribution >= 0.6 is 0 Å². The van der Waals surface area contributed by atoms with E-state index in [1.807, 2.05) is 18.4 Å². The van der Waals surface area contributed by atoms with Crippen LogP contribution in [-0.4, -0.2) is 23.4 Å². The zero-order valence-electron chi connectivity index (χ0n) is 10.8. The number of hydrogen-bond donors (Lipinski definition) is 1. The Morgan fingerprint density at radius 1 is 1.67 bits per heavy atom. The molecule has 0 aliphatic carbocycles. The molecule has 1 unspecified atom stereocenters. The van der Waals surface area contributed by atoms with Crippen molar-refractivity contribution in [2.45, 2.75) is 45.4 Å². The maximum absolute atomic E-state index is 9.14. The van der Waals surface area contributed by atoms with E-state index in [4.69, 9.17) is 20.5 Å². The average Bonchev–Trinajstić information content (AvgIpc) is 2.91. The second-order valence-electron chi connectivity index (χ2n) is 4.81. The van der Waals surface area contributed by atoms with Crippen LogP contribution in [0.4, 0.5) is 5.69 Å². The Kier molecular flexibility index (Phi) is 3.78. The molecule has 2 rings (SSSR count). The van der Waals surface area contributed by atoms with Gasteiger partial charge >= 0.3 is 0 Å². The molecule has 18 heavy (non-hydrogen) atoms. The van der Waals surface area contributed by atoms with Crippen molar-refractivity contribution in [1.82, 2.24) is 4.57 Å². The number of nitriles is 1. The summed E-state index contributed by atoms with van der Waals surface area (Å²) in [4.78, 5) is 0. The summed E-state index contributed by atoms with van der Waals surface area (Å²) < 4.78 is 13.1.